The summed E-state index contributed by atoms with van der Waals surface area (Å²) in [7, 11) is 1.69. The van der Waals surface area contributed by atoms with Crippen LogP contribution in [0.15, 0.2) is 47.6 Å². The maximum atomic E-state index is 11.9. The van der Waals surface area contributed by atoms with E-state index in [1.54, 1.807) is 19.3 Å². The maximum Gasteiger partial charge on any atom is 0.227 e. The Balaban J connectivity index is 0.00000312. The van der Waals surface area contributed by atoms with E-state index < -0.39 is 0 Å². The van der Waals surface area contributed by atoms with Crippen molar-refractivity contribution in [2.45, 2.75) is 19.9 Å². The van der Waals surface area contributed by atoms with E-state index in [1.807, 2.05) is 37.3 Å². The Bertz CT molecular complexity index is 693. The van der Waals surface area contributed by atoms with Gasteiger partial charge < -0.3 is 16.0 Å². The monoisotopic (exact) mass is 454 g/mol. The molecule has 2 rings (SSSR count). The van der Waals surface area contributed by atoms with Crippen LogP contribution in [-0.4, -0.2) is 35.4 Å². The number of hydrogen-bond acceptors (Lipinski definition) is 4. The lowest BCUT2D eigenvalue weighted by molar-refractivity contribution is -0.116. The van der Waals surface area contributed by atoms with Crippen molar-refractivity contribution in [2.75, 3.05) is 18.9 Å². The summed E-state index contributed by atoms with van der Waals surface area (Å²) >= 11 is 0. The largest absolute Gasteiger partial charge is 0.356 e. The summed E-state index contributed by atoms with van der Waals surface area (Å²) in [5.74, 6) is 1.10. The molecule has 3 N–H and O–H groups in total. The fourth-order valence-corrected chi connectivity index (χ4v) is 2.01. The van der Waals surface area contributed by atoms with Crippen LogP contribution in [0.25, 0.3) is 0 Å². The molecule has 0 saturated carbocycles. The van der Waals surface area contributed by atoms with Crippen molar-refractivity contribution in [2.24, 2.45) is 4.99 Å². The third-order valence-electron chi connectivity index (χ3n) is 3.19. The molecular formula is C17H23IN6O. The first-order chi connectivity index (χ1) is 11.7. The lowest BCUT2D eigenvalue weighted by Crippen LogP contribution is -2.38. The molecule has 0 saturated heterocycles. The van der Waals surface area contributed by atoms with Crippen molar-refractivity contribution in [3.8, 4) is 0 Å². The van der Waals surface area contributed by atoms with Crippen LogP contribution in [0.4, 0.5) is 5.82 Å². The molecule has 1 amide bonds. The molecule has 2 aromatic heterocycles. The summed E-state index contributed by atoms with van der Waals surface area (Å²) in [6.07, 6.45) is 2.07. The van der Waals surface area contributed by atoms with Crippen LogP contribution in [0.1, 0.15) is 17.8 Å². The van der Waals surface area contributed by atoms with Gasteiger partial charge in [-0.3, -0.25) is 14.8 Å². The van der Waals surface area contributed by atoms with Crippen molar-refractivity contribution in [1.29, 1.82) is 0 Å². The number of hydrogen-bond donors (Lipinski definition) is 3. The highest BCUT2D eigenvalue weighted by Crippen LogP contribution is 2.03. The molecule has 0 aliphatic carbocycles. The van der Waals surface area contributed by atoms with Gasteiger partial charge in [-0.25, -0.2) is 4.98 Å². The second kappa shape index (κ2) is 11.3. The summed E-state index contributed by atoms with van der Waals surface area (Å²) in [6, 6.07) is 11.3. The predicted octanol–water partition coefficient (Wildman–Crippen LogP) is 2.10. The van der Waals surface area contributed by atoms with Gasteiger partial charge in [0.2, 0.25) is 5.91 Å². The summed E-state index contributed by atoms with van der Waals surface area (Å²) < 4.78 is 0. The molecule has 8 heteroatoms. The molecule has 0 unspecified atom stereocenters. The molecule has 0 bridgehead atoms. The van der Waals surface area contributed by atoms with Crippen LogP contribution in [-0.2, 0) is 11.3 Å². The number of halogens is 1. The van der Waals surface area contributed by atoms with Crippen molar-refractivity contribution in [3.63, 3.8) is 0 Å². The molecule has 0 radical (unpaired) electrons. The van der Waals surface area contributed by atoms with Gasteiger partial charge in [-0.15, -0.1) is 24.0 Å². The van der Waals surface area contributed by atoms with E-state index in [-0.39, 0.29) is 29.9 Å². The number of aromatic nitrogens is 2. The molecule has 0 aromatic carbocycles. The van der Waals surface area contributed by atoms with Gasteiger partial charge in [0.1, 0.15) is 5.82 Å². The number of nitrogens with one attached hydrogen (secondary N) is 3. The van der Waals surface area contributed by atoms with Gasteiger partial charge in [-0.2, -0.15) is 0 Å². The maximum absolute atomic E-state index is 11.9. The number of pyridine rings is 2. The first kappa shape index (κ1) is 20.8. The Hall–Kier alpha value is -2.23. The van der Waals surface area contributed by atoms with Crippen molar-refractivity contribution in [3.05, 3.63) is 54.0 Å². The number of anilines is 1. The zero-order valence-corrected chi connectivity index (χ0v) is 16.7. The average molecular weight is 454 g/mol. The van der Waals surface area contributed by atoms with Crippen LogP contribution < -0.4 is 16.0 Å². The zero-order chi connectivity index (χ0) is 17.2. The molecule has 0 fully saturated rings. The first-order valence-corrected chi connectivity index (χ1v) is 7.75. The molecule has 0 spiro atoms. The average Bonchev–Trinajstić information content (AvgIpc) is 2.59. The predicted molar refractivity (Wildman–Crippen MR) is 110 cm³/mol. The molecule has 2 aromatic rings. The summed E-state index contributed by atoms with van der Waals surface area (Å²) in [4.78, 5) is 24.5. The minimum Gasteiger partial charge on any atom is -0.356 e. The van der Waals surface area contributed by atoms with Crippen molar-refractivity contribution >= 4 is 41.7 Å². The lowest BCUT2D eigenvalue weighted by atomic mass is 10.3. The van der Waals surface area contributed by atoms with Crippen LogP contribution in [0.3, 0.4) is 0 Å². The van der Waals surface area contributed by atoms with E-state index in [4.69, 9.17) is 0 Å². The van der Waals surface area contributed by atoms with Crippen LogP contribution >= 0.6 is 24.0 Å². The van der Waals surface area contributed by atoms with E-state index >= 15 is 0 Å². The van der Waals surface area contributed by atoms with E-state index in [1.165, 1.54) is 0 Å². The van der Waals surface area contributed by atoms with E-state index in [0.717, 1.165) is 11.4 Å². The first-order valence-electron chi connectivity index (χ1n) is 7.75. The van der Waals surface area contributed by atoms with E-state index in [2.05, 4.69) is 30.9 Å². The smallest absolute Gasteiger partial charge is 0.227 e. The second-order valence-corrected chi connectivity index (χ2v) is 5.14. The number of nitrogens with zero attached hydrogens (tertiary/aromatic N) is 3. The highest BCUT2D eigenvalue weighted by molar-refractivity contribution is 14.0. The van der Waals surface area contributed by atoms with Crippen LogP contribution in [0.2, 0.25) is 0 Å². The minimum atomic E-state index is -0.0965. The van der Waals surface area contributed by atoms with Crippen LogP contribution in [0, 0.1) is 6.92 Å². The Labute approximate surface area is 164 Å². The topological polar surface area (TPSA) is 91.3 Å². The quantitative estimate of drug-likeness (QED) is 0.353. The third-order valence-corrected chi connectivity index (χ3v) is 3.19. The van der Waals surface area contributed by atoms with Crippen LogP contribution in [0.5, 0.6) is 0 Å². The molecule has 0 atom stereocenters. The molecule has 134 valence electrons. The van der Waals surface area contributed by atoms with Gasteiger partial charge in [-0.05, 0) is 31.2 Å². The molecule has 2 heterocycles. The number of carbonyl (C=O) groups excluding carboxylic acids is 1. The van der Waals surface area contributed by atoms with Crippen molar-refractivity contribution < 1.29 is 4.79 Å². The Morgan fingerprint density at radius 3 is 2.68 bits per heavy atom. The van der Waals surface area contributed by atoms with Gasteiger partial charge in [0.05, 0.1) is 12.2 Å². The molecule has 0 aliphatic rings. The van der Waals surface area contributed by atoms with E-state index in [9.17, 15) is 4.79 Å². The number of amides is 1. The highest BCUT2D eigenvalue weighted by Gasteiger charge is 2.04. The van der Waals surface area contributed by atoms with Gasteiger partial charge in [0.15, 0.2) is 5.96 Å². The second-order valence-electron chi connectivity index (χ2n) is 5.14. The summed E-state index contributed by atoms with van der Waals surface area (Å²) in [5.41, 5.74) is 1.79. The SMILES string of the molecule is CN=C(NCCC(=O)Nc1cccc(C)n1)NCc1ccccn1.I. The van der Waals surface area contributed by atoms with E-state index in [0.29, 0.717) is 31.3 Å². The highest BCUT2D eigenvalue weighted by atomic mass is 127. The van der Waals surface area contributed by atoms with Gasteiger partial charge in [0, 0.05) is 31.9 Å². The molecular weight excluding hydrogens is 431 g/mol. The summed E-state index contributed by atoms with van der Waals surface area (Å²) in [5, 5.41) is 9.02. The summed E-state index contributed by atoms with van der Waals surface area (Å²) in [6.45, 7) is 2.92. The minimum absolute atomic E-state index is 0. The Kier molecular flexibility index (Phi) is 9.45. The number of aliphatic imine (C=N–C) groups is 1. The molecule has 25 heavy (non-hydrogen) atoms. The van der Waals surface area contributed by atoms with Crippen molar-refractivity contribution in [1.82, 2.24) is 20.6 Å². The molecule has 7 nitrogen and oxygen atoms in total. The van der Waals surface area contributed by atoms with Gasteiger partial charge in [-0.1, -0.05) is 12.1 Å². The van der Waals surface area contributed by atoms with Gasteiger partial charge >= 0.3 is 0 Å². The fraction of sp³-hybridized carbons (Fsp3) is 0.294. The zero-order valence-electron chi connectivity index (χ0n) is 14.3. The normalized spacial score (nSPS) is 10.6. The fourth-order valence-electron chi connectivity index (χ4n) is 2.01. The van der Waals surface area contributed by atoms with Gasteiger partial charge in [0.25, 0.3) is 0 Å². The lowest BCUT2D eigenvalue weighted by Gasteiger charge is -2.11. The third kappa shape index (κ3) is 7.92. The number of carbonyl (C=O) groups is 1. The Morgan fingerprint density at radius 1 is 1.16 bits per heavy atom. The number of aryl methyl sites for hydroxylation is 1. The number of guanidine groups is 1. The number of rotatable bonds is 6. The molecule has 0 aliphatic heterocycles. The Morgan fingerprint density at radius 2 is 2.00 bits per heavy atom. The standard InChI is InChI=1S/C17H22N6O.HI/c1-13-6-5-8-15(22-13)23-16(24)9-11-20-17(18-2)21-12-14-7-3-4-10-19-14;/h3-8,10H,9,11-12H2,1-2H3,(H2,18,20,21)(H,22,23,24);1H.